The fraction of sp³-hybridized carbons (Fsp3) is 0.143. The molecule has 0 atom stereocenters. The normalized spacial score (nSPS) is 11.0. The molecule has 2 rings (SSSR count). The molecule has 25 heavy (non-hydrogen) atoms. The van der Waals surface area contributed by atoms with E-state index < -0.39 is 28.5 Å². The molecule has 1 heterocycles. The predicted octanol–water partition coefficient (Wildman–Crippen LogP) is 1.75. The fourth-order valence-electron chi connectivity index (χ4n) is 1.96. The van der Waals surface area contributed by atoms with E-state index in [9.17, 15) is 28.5 Å². The van der Waals surface area contributed by atoms with Crippen LogP contribution in [0, 0.1) is 10.1 Å². The number of hydrogen-bond donors (Lipinski definition) is 2. The summed E-state index contributed by atoms with van der Waals surface area (Å²) >= 11 is 0. The van der Waals surface area contributed by atoms with Crippen LogP contribution >= 0.6 is 0 Å². The Morgan fingerprint density at radius 2 is 1.92 bits per heavy atom. The van der Waals surface area contributed by atoms with Gasteiger partial charge in [0.05, 0.1) is 12.0 Å². The average Bonchev–Trinajstić information content (AvgIpc) is 2.52. The zero-order chi connectivity index (χ0) is 18.6. The lowest BCUT2D eigenvalue weighted by molar-refractivity contribution is -0.386. The summed E-state index contributed by atoms with van der Waals surface area (Å²) in [6.07, 6.45) is 2.46. The standard InChI is InChI=1S/C14H11F2N3O6/c1-24-10-6-7(3-5-9(10)25-13(15)16)2-4-8-11(19(22)23)12(20)18-14(21)17-8/h2-6,13H,1H3,(H2,17,18,20,21)/b4-2+. The van der Waals surface area contributed by atoms with Crippen LogP contribution in [0.3, 0.4) is 0 Å². The zero-order valence-electron chi connectivity index (χ0n) is 12.6. The van der Waals surface area contributed by atoms with Crippen molar-refractivity contribution in [2.45, 2.75) is 6.61 Å². The highest BCUT2D eigenvalue weighted by Crippen LogP contribution is 2.30. The van der Waals surface area contributed by atoms with Gasteiger partial charge in [0, 0.05) is 0 Å². The molecule has 0 spiro atoms. The molecule has 0 saturated carbocycles. The molecular formula is C14H11F2N3O6. The Morgan fingerprint density at radius 1 is 1.20 bits per heavy atom. The molecule has 1 aromatic carbocycles. The SMILES string of the molecule is COc1cc(/C=C/c2[nH]c(=O)[nH]c(=O)c2[N+](=O)[O-])ccc1OC(F)F. The number of ether oxygens (including phenoxy) is 2. The number of hydrogen-bond acceptors (Lipinski definition) is 6. The Labute approximate surface area is 137 Å². The van der Waals surface area contributed by atoms with E-state index in [-0.39, 0.29) is 17.2 Å². The van der Waals surface area contributed by atoms with Crippen molar-refractivity contribution in [1.29, 1.82) is 0 Å². The van der Waals surface area contributed by atoms with Crippen LogP contribution in [0.15, 0.2) is 27.8 Å². The third-order valence-electron chi connectivity index (χ3n) is 2.97. The Bertz CT molecular complexity index is 935. The minimum atomic E-state index is -3.03. The molecule has 0 aliphatic carbocycles. The maximum Gasteiger partial charge on any atom is 0.387 e. The molecule has 0 aliphatic rings. The number of aromatic nitrogens is 2. The minimum absolute atomic E-state index is 0.0105. The number of aromatic amines is 2. The lowest BCUT2D eigenvalue weighted by atomic mass is 10.1. The fourth-order valence-corrected chi connectivity index (χ4v) is 1.96. The maximum atomic E-state index is 12.3. The van der Waals surface area contributed by atoms with Gasteiger partial charge in [-0.3, -0.25) is 19.9 Å². The highest BCUT2D eigenvalue weighted by Gasteiger charge is 2.18. The van der Waals surface area contributed by atoms with E-state index in [2.05, 4.69) is 9.72 Å². The highest BCUT2D eigenvalue weighted by molar-refractivity contribution is 5.72. The summed E-state index contributed by atoms with van der Waals surface area (Å²) in [5.74, 6) is -0.179. The van der Waals surface area contributed by atoms with E-state index in [4.69, 9.17) is 4.74 Å². The van der Waals surface area contributed by atoms with Crippen LogP contribution in [0.25, 0.3) is 12.2 Å². The first-order chi connectivity index (χ1) is 11.8. The number of alkyl halides is 2. The quantitative estimate of drug-likeness (QED) is 0.600. The summed E-state index contributed by atoms with van der Waals surface area (Å²) in [6.45, 7) is -3.03. The van der Waals surface area contributed by atoms with Gasteiger partial charge < -0.3 is 14.5 Å². The van der Waals surface area contributed by atoms with Crippen LogP contribution in [0.1, 0.15) is 11.3 Å². The third-order valence-corrected chi connectivity index (χ3v) is 2.97. The Balaban J connectivity index is 2.42. The first-order valence-electron chi connectivity index (χ1n) is 6.63. The second-order valence-corrected chi connectivity index (χ2v) is 4.55. The number of benzene rings is 1. The van der Waals surface area contributed by atoms with E-state index >= 15 is 0 Å². The van der Waals surface area contributed by atoms with E-state index in [1.165, 1.54) is 31.4 Å². The topological polar surface area (TPSA) is 127 Å². The monoisotopic (exact) mass is 355 g/mol. The van der Waals surface area contributed by atoms with Gasteiger partial charge in [0.1, 0.15) is 5.69 Å². The molecule has 0 saturated heterocycles. The Hall–Kier alpha value is -3.50. The molecule has 0 aliphatic heterocycles. The molecule has 0 bridgehead atoms. The second kappa shape index (κ2) is 7.38. The Kier molecular flexibility index (Phi) is 5.27. The van der Waals surface area contributed by atoms with Crippen LogP contribution in [0.2, 0.25) is 0 Å². The molecule has 0 radical (unpaired) electrons. The number of H-pyrrole nitrogens is 2. The van der Waals surface area contributed by atoms with Crippen molar-refractivity contribution in [3.8, 4) is 11.5 Å². The number of rotatable bonds is 6. The van der Waals surface area contributed by atoms with Gasteiger partial charge in [-0.05, 0) is 23.8 Å². The van der Waals surface area contributed by atoms with Gasteiger partial charge in [-0.25, -0.2) is 4.79 Å². The molecule has 132 valence electrons. The smallest absolute Gasteiger partial charge is 0.387 e. The van der Waals surface area contributed by atoms with E-state index in [0.29, 0.717) is 5.56 Å². The third kappa shape index (κ3) is 4.28. The summed E-state index contributed by atoms with van der Waals surface area (Å²) in [7, 11) is 1.25. The van der Waals surface area contributed by atoms with Crippen molar-refractivity contribution in [1.82, 2.24) is 9.97 Å². The molecule has 0 unspecified atom stereocenters. The lowest BCUT2D eigenvalue weighted by Crippen LogP contribution is -2.25. The van der Waals surface area contributed by atoms with Gasteiger partial charge in [0.2, 0.25) is 0 Å². The molecule has 2 N–H and O–H groups in total. The largest absolute Gasteiger partial charge is 0.493 e. The van der Waals surface area contributed by atoms with E-state index in [0.717, 1.165) is 6.08 Å². The molecule has 0 fully saturated rings. The molecule has 2 aromatic rings. The second-order valence-electron chi connectivity index (χ2n) is 4.55. The van der Waals surface area contributed by atoms with Crippen LogP contribution in [0.5, 0.6) is 11.5 Å². The summed E-state index contributed by atoms with van der Waals surface area (Å²) in [6, 6.07) is 3.94. The predicted molar refractivity (Wildman–Crippen MR) is 82.9 cm³/mol. The average molecular weight is 355 g/mol. The zero-order valence-corrected chi connectivity index (χ0v) is 12.6. The number of halogens is 2. The van der Waals surface area contributed by atoms with Crippen LogP contribution in [0.4, 0.5) is 14.5 Å². The molecular weight excluding hydrogens is 344 g/mol. The minimum Gasteiger partial charge on any atom is -0.493 e. The van der Waals surface area contributed by atoms with E-state index in [1.807, 2.05) is 0 Å². The summed E-state index contributed by atoms with van der Waals surface area (Å²) < 4.78 is 33.8. The summed E-state index contributed by atoms with van der Waals surface area (Å²) in [4.78, 5) is 36.7. The number of nitro groups is 1. The van der Waals surface area contributed by atoms with Gasteiger partial charge in [-0.2, -0.15) is 8.78 Å². The first kappa shape index (κ1) is 17.8. The van der Waals surface area contributed by atoms with Crippen molar-refractivity contribution in [3.05, 3.63) is 60.4 Å². The lowest BCUT2D eigenvalue weighted by Gasteiger charge is -2.10. The first-order valence-corrected chi connectivity index (χ1v) is 6.63. The van der Waals surface area contributed by atoms with Gasteiger partial charge >= 0.3 is 23.5 Å². The number of nitrogens with one attached hydrogen (secondary N) is 2. The van der Waals surface area contributed by atoms with Gasteiger partial charge in [-0.15, -0.1) is 0 Å². The van der Waals surface area contributed by atoms with Crippen LogP contribution < -0.4 is 20.7 Å². The van der Waals surface area contributed by atoms with Crippen LogP contribution in [-0.4, -0.2) is 28.6 Å². The summed E-state index contributed by atoms with van der Waals surface area (Å²) in [5.41, 5.74) is -2.81. The summed E-state index contributed by atoms with van der Waals surface area (Å²) in [5, 5.41) is 10.9. The van der Waals surface area contributed by atoms with Crippen molar-refractivity contribution >= 4 is 17.8 Å². The van der Waals surface area contributed by atoms with E-state index in [1.54, 1.807) is 4.98 Å². The maximum absolute atomic E-state index is 12.3. The number of methoxy groups -OCH3 is 1. The number of nitrogens with zero attached hydrogens (tertiary/aromatic N) is 1. The van der Waals surface area contributed by atoms with Crippen molar-refractivity contribution in [2.24, 2.45) is 0 Å². The van der Waals surface area contributed by atoms with Gasteiger partial charge in [0.25, 0.3) is 0 Å². The van der Waals surface area contributed by atoms with Gasteiger partial charge in [-0.1, -0.05) is 12.1 Å². The van der Waals surface area contributed by atoms with Crippen molar-refractivity contribution in [3.63, 3.8) is 0 Å². The van der Waals surface area contributed by atoms with Crippen LogP contribution in [-0.2, 0) is 0 Å². The molecule has 0 amide bonds. The highest BCUT2D eigenvalue weighted by atomic mass is 19.3. The van der Waals surface area contributed by atoms with Crippen molar-refractivity contribution < 1.29 is 23.2 Å². The molecule has 1 aromatic heterocycles. The van der Waals surface area contributed by atoms with Gasteiger partial charge in [0.15, 0.2) is 11.5 Å². The van der Waals surface area contributed by atoms with Crippen molar-refractivity contribution in [2.75, 3.05) is 7.11 Å². The Morgan fingerprint density at radius 3 is 2.52 bits per heavy atom. The molecule has 9 nitrogen and oxygen atoms in total. The molecule has 11 heteroatoms.